The summed E-state index contributed by atoms with van der Waals surface area (Å²) in [4.78, 5) is 36.4. The predicted molar refractivity (Wildman–Crippen MR) is 126 cm³/mol. The van der Waals surface area contributed by atoms with Gasteiger partial charge in [-0.2, -0.15) is 0 Å². The summed E-state index contributed by atoms with van der Waals surface area (Å²) in [6.07, 6.45) is 2.68. The summed E-state index contributed by atoms with van der Waals surface area (Å²) >= 11 is 0. The smallest absolute Gasteiger partial charge is 0.407 e. The molecule has 1 aliphatic carbocycles. The standard InChI is InChI=1S/C26H32N2O5/c1-28(17-9-7-15-25(30)31)24(29)14-6-8-16-27-26(32)33-18-23-21-12-4-2-10-19(21)20-11-3-5-13-22(20)23/h2-5,10-13,23H,6-9,14-18H2,1H3,(H,27,32)(H,30,31). The molecule has 0 atom stereocenters. The van der Waals surface area contributed by atoms with Crippen LogP contribution in [0.2, 0.25) is 0 Å². The maximum absolute atomic E-state index is 12.2. The number of alkyl carbamates (subject to hydrolysis) is 1. The molecule has 2 N–H and O–H groups in total. The van der Waals surface area contributed by atoms with Gasteiger partial charge in [0.05, 0.1) is 0 Å². The van der Waals surface area contributed by atoms with Crippen molar-refractivity contribution in [1.29, 1.82) is 0 Å². The molecule has 0 unspecified atom stereocenters. The number of fused-ring (bicyclic) bond motifs is 3. The molecular weight excluding hydrogens is 420 g/mol. The van der Waals surface area contributed by atoms with Crippen molar-refractivity contribution >= 4 is 18.0 Å². The molecule has 176 valence electrons. The van der Waals surface area contributed by atoms with Crippen molar-refractivity contribution in [3.8, 4) is 11.1 Å². The monoisotopic (exact) mass is 452 g/mol. The normalized spacial score (nSPS) is 12.0. The van der Waals surface area contributed by atoms with Crippen molar-refractivity contribution in [3.05, 3.63) is 59.7 Å². The van der Waals surface area contributed by atoms with Gasteiger partial charge < -0.3 is 20.1 Å². The minimum Gasteiger partial charge on any atom is -0.481 e. The second-order valence-electron chi connectivity index (χ2n) is 8.38. The lowest BCUT2D eigenvalue weighted by atomic mass is 9.98. The van der Waals surface area contributed by atoms with Crippen LogP contribution >= 0.6 is 0 Å². The first kappa shape index (κ1) is 24.3. The zero-order valence-corrected chi connectivity index (χ0v) is 19.1. The number of hydrogen-bond acceptors (Lipinski definition) is 4. The lowest BCUT2D eigenvalue weighted by molar-refractivity contribution is -0.137. The maximum Gasteiger partial charge on any atom is 0.407 e. The Balaban J connectivity index is 1.32. The van der Waals surface area contributed by atoms with Gasteiger partial charge in [-0.05, 0) is 47.9 Å². The summed E-state index contributed by atoms with van der Waals surface area (Å²) in [5, 5.41) is 11.4. The van der Waals surface area contributed by atoms with Crippen LogP contribution in [0.3, 0.4) is 0 Å². The van der Waals surface area contributed by atoms with E-state index < -0.39 is 12.1 Å². The van der Waals surface area contributed by atoms with E-state index in [9.17, 15) is 14.4 Å². The highest BCUT2D eigenvalue weighted by atomic mass is 16.5. The first-order valence-corrected chi connectivity index (χ1v) is 11.5. The van der Waals surface area contributed by atoms with Crippen LogP contribution in [-0.4, -0.2) is 54.7 Å². The highest BCUT2D eigenvalue weighted by Gasteiger charge is 2.28. The summed E-state index contributed by atoms with van der Waals surface area (Å²) in [6, 6.07) is 16.4. The SMILES string of the molecule is CN(CCCCC(=O)O)C(=O)CCCCNC(=O)OCC1c2ccccc2-c2ccccc21. The number of carbonyl (C=O) groups excluding carboxylic acids is 2. The van der Waals surface area contributed by atoms with E-state index in [0.717, 1.165) is 0 Å². The number of benzene rings is 2. The number of aliphatic carboxylic acids is 1. The Labute approximate surface area is 194 Å². The van der Waals surface area contributed by atoms with Gasteiger partial charge in [-0.25, -0.2) is 4.79 Å². The molecule has 0 spiro atoms. The number of unbranched alkanes of at least 4 members (excludes halogenated alkanes) is 2. The summed E-state index contributed by atoms with van der Waals surface area (Å²) in [6.45, 7) is 1.29. The number of nitrogens with one attached hydrogen (secondary N) is 1. The fourth-order valence-electron chi connectivity index (χ4n) is 4.18. The third-order valence-electron chi connectivity index (χ3n) is 5.99. The molecule has 0 aliphatic heterocycles. The van der Waals surface area contributed by atoms with Crippen LogP contribution in [0, 0.1) is 0 Å². The van der Waals surface area contributed by atoms with Crippen LogP contribution in [0.1, 0.15) is 55.6 Å². The highest BCUT2D eigenvalue weighted by Crippen LogP contribution is 2.44. The van der Waals surface area contributed by atoms with Gasteiger partial charge in [-0.15, -0.1) is 0 Å². The fourth-order valence-corrected chi connectivity index (χ4v) is 4.18. The number of ether oxygens (including phenoxy) is 1. The molecule has 7 heteroatoms. The van der Waals surface area contributed by atoms with Crippen molar-refractivity contribution in [2.75, 3.05) is 26.7 Å². The minimum atomic E-state index is -0.812. The van der Waals surface area contributed by atoms with E-state index in [-0.39, 0.29) is 24.9 Å². The predicted octanol–water partition coefficient (Wildman–Crippen LogP) is 4.41. The molecule has 0 saturated carbocycles. The van der Waals surface area contributed by atoms with Gasteiger partial charge in [0, 0.05) is 38.9 Å². The lowest BCUT2D eigenvalue weighted by Crippen LogP contribution is -2.29. The van der Waals surface area contributed by atoms with Crippen LogP contribution in [0.25, 0.3) is 11.1 Å². The molecule has 33 heavy (non-hydrogen) atoms. The Morgan fingerprint density at radius 1 is 0.909 bits per heavy atom. The molecule has 3 rings (SSSR count). The number of amides is 2. The first-order valence-electron chi connectivity index (χ1n) is 11.5. The molecule has 2 amide bonds. The largest absolute Gasteiger partial charge is 0.481 e. The molecular formula is C26H32N2O5. The Morgan fingerprint density at radius 2 is 1.52 bits per heavy atom. The minimum absolute atomic E-state index is 0.0338. The Morgan fingerprint density at radius 3 is 2.15 bits per heavy atom. The van der Waals surface area contributed by atoms with Crippen molar-refractivity contribution in [1.82, 2.24) is 10.2 Å². The summed E-state index contributed by atoms with van der Waals surface area (Å²) < 4.78 is 5.51. The number of carboxylic acid groups (broad SMARTS) is 1. The molecule has 0 heterocycles. The van der Waals surface area contributed by atoms with Gasteiger partial charge in [0.2, 0.25) is 5.91 Å². The van der Waals surface area contributed by atoms with Crippen LogP contribution in [0.15, 0.2) is 48.5 Å². The molecule has 1 aliphatic rings. The molecule has 2 aromatic rings. The number of hydrogen-bond donors (Lipinski definition) is 2. The third-order valence-corrected chi connectivity index (χ3v) is 5.99. The number of carboxylic acids is 1. The van der Waals surface area contributed by atoms with Crippen LogP contribution in [-0.2, 0) is 14.3 Å². The van der Waals surface area contributed by atoms with Gasteiger partial charge in [0.15, 0.2) is 0 Å². The average molecular weight is 453 g/mol. The summed E-state index contributed by atoms with van der Waals surface area (Å²) in [5.41, 5.74) is 4.74. The zero-order chi connectivity index (χ0) is 23.6. The summed E-state index contributed by atoms with van der Waals surface area (Å²) in [7, 11) is 1.73. The van der Waals surface area contributed by atoms with Crippen LogP contribution in [0.5, 0.6) is 0 Å². The molecule has 2 aromatic carbocycles. The molecule has 7 nitrogen and oxygen atoms in total. The van der Waals surface area contributed by atoms with Gasteiger partial charge >= 0.3 is 12.1 Å². The fraction of sp³-hybridized carbons (Fsp3) is 0.423. The second-order valence-corrected chi connectivity index (χ2v) is 8.38. The number of carbonyl (C=O) groups is 3. The van der Waals surface area contributed by atoms with Crippen molar-refractivity contribution < 1.29 is 24.2 Å². The quantitative estimate of drug-likeness (QED) is 0.465. The average Bonchev–Trinajstić information content (AvgIpc) is 3.13. The molecule has 0 radical (unpaired) electrons. The van der Waals surface area contributed by atoms with Crippen molar-refractivity contribution in [2.45, 2.75) is 44.4 Å². The van der Waals surface area contributed by atoms with E-state index in [4.69, 9.17) is 9.84 Å². The molecule has 0 bridgehead atoms. The van der Waals surface area contributed by atoms with E-state index in [1.807, 2.05) is 24.3 Å². The Kier molecular flexibility index (Phi) is 8.87. The van der Waals surface area contributed by atoms with E-state index in [1.54, 1.807) is 11.9 Å². The van der Waals surface area contributed by atoms with Crippen molar-refractivity contribution in [2.24, 2.45) is 0 Å². The Hall–Kier alpha value is -3.35. The highest BCUT2D eigenvalue weighted by molar-refractivity contribution is 5.79. The van der Waals surface area contributed by atoms with Gasteiger partial charge in [-0.3, -0.25) is 9.59 Å². The summed E-state index contributed by atoms with van der Waals surface area (Å²) in [5.74, 6) is -0.744. The van der Waals surface area contributed by atoms with Crippen LogP contribution in [0.4, 0.5) is 4.79 Å². The number of nitrogens with zero attached hydrogens (tertiary/aromatic N) is 1. The molecule has 0 fully saturated rings. The second kappa shape index (κ2) is 12.0. The maximum atomic E-state index is 12.2. The molecule has 0 saturated heterocycles. The zero-order valence-electron chi connectivity index (χ0n) is 19.1. The van der Waals surface area contributed by atoms with Crippen LogP contribution < -0.4 is 5.32 Å². The van der Waals surface area contributed by atoms with Gasteiger partial charge in [-0.1, -0.05) is 48.5 Å². The van der Waals surface area contributed by atoms with Gasteiger partial charge in [0.1, 0.15) is 6.61 Å². The van der Waals surface area contributed by atoms with E-state index in [0.29, 0.717) is 45.2 Å². The number of rotatable bonds is 12. The van der Waals surface area contributed by atoms with E-state index >= 15 is 0 Å². The van der Waals surface area contributed by atoms with E-state index in [1.165, 1.54) is 22.3 Å². The first-order chi connectivity index (χ1) is 16.0. The van der Waals surface area contributed by atoms with E-state index in [2.05, 4.69) is 29.6 Å². The van der Waals surface area contributed by atoms with Gasteiger partial charge in [0.25, 0.3) is 0 Å². The Bertz CT molecular complexity index is 929. The van der Waals surface area contributed by atoms with Crippen molar-refractivity contribution in [3.63, 3.8) is 0 Å². The third kappa shape index (κ3) is 6.81. The topological polar surface area (TPSA) is 95.9 Å². The molecule has 0 aromatic heterocycles. The lowest BCUT2D eigenvalue weighted by Gasteiger charge is -2.17.